The van der Waals surface area contributed by atoms with Gasteiger partial charge in [0.2, 0.25) is 5.95 Å². The van der Waals surface area contributed by atoms with E-state index in [0.717, 1.165) is 12.8 Å². The molecule has 3 heterocycles. The van der Waals surface area contributed by atoms with Crippen molar-refractivity contribution in [3.05, 3.63) is 36.7 Å². The first kappa shape index (κ1) is 30.1. The minimum Gasteiger partial charge on any atom is -0.462 e. The van der Waals surface area contributed by atoms with Gasteiger partial charge in [0.25, 0.3) is 0 Å². The van der Waals surface area contributed by atoms with E-state index in [4.69, 9.17) is 24.3 Å². The molecule has 1 aliphatic heterocycles. The molecule has 0 unspecified atom stereocenters. The summed E-state index contributed by atoms with van der Waals surface area (Å²) in [5.41, 5.74) is 6.62. The Morgan fingerprint density at radius 2 is 2.00 bits per heavy atom. The van der Waals surface area contributed by atoms with Crippen molar-refractivity contribution in [3.63, 3.8) is 0 Å². The molecule has 14 nitrogen and oxygen atoms in total. The van der Waals surface area contributed by atoms with E-state index in [9.17, 15) is 14.5 Å². The number of ether oxygens (including phenoxy) is 2. The van der Waals surface area contributed by atoms with Crippen molar-refractivity contribution >= 4 is 36.6 Å². The average Bonchev–Trinajstić information content (AvgIpc) is 3.65. The third kappa shape index (κ3) is 6.50. The summed E-state index contributed by atoms with van der Waals surface area (Å²) in [5.74, 6) is 0.0195. The number of esters is 1. The first-order valence-corrected chi connectivity index (χ1v) is 15.2. The van der Waals surface area contributed by atoms with Crippen molar-refractivity contribution < 1.29 is 37.4 Å². The van der Waals surface area contributed by atoms with E-state index in [1.165, 1.54) is 17.8 Å². The number of nitrogens with one attached hydrogen (secondary N) is 1. The second kappa shape index (κ2) is 12.1. The van der Waals surface area contributed by atoms with Crippen LogP contribution < -0.4 is 20.2 Å². The molecule has 0 amide bonds. The number of aliphatic hydroxyl groups is 1. The Hall–Kier alpha value is -3.36. The van der Waals surface area contributed by atoms with Gasteiger partial charge in [-0.3, -0.25) is 13.9 Å². The molecule has 1 saturated carbocycles. The van der Waals surface area contributed by atoms with Gasteiger partial charge in [-0.2, -0.15) is 15.1 Å². The molecule has 5 rings (SSSR count). The van der Waals surface area contributed by atoms with Gasteiger partial charge < -0.3 is 29.7 Å². The van der Waals surface area contributed by atoms with Crippen LogP contribution in [-0.4, -0.2) is 80.8 Å². The van der Waals surface area contributed by atoms with Gasteiger partial charge in [-0.05, 0) is 45.7 Å². The van der Waals surface area contributed by atoms with E-state index in [2.05, 4.69) is 20.0 Å². The quantitative estimate of drug-likeness (QED) is 0.203. The van der Waals surface area contributed by atoms with E-state index in [0.29, 0.717) is 17.4 Å². The van der Waals surface area contributed by atoms with Crippen molar-refractivity contribution in [3.8, 4) is 5.75 Å². The van der Waals surface area contributed by atoms with Gasteiger partial charge in [-0.25, -0.2) is 13.9 Å². The first-order chi connectivity index (χ1) is 20.0. The van der Waals surface area contributed by atoms with Gasteiger partial charge in [0.1, 0.15) is 24.0 Å². The first-order valence-electron chi connectivity index (χ1n) is 13.6. The number of fused-ring (bicyclic) bond motifs is 1. The number of nitrogens with zero attached hydrogens (tertiary/aromatic N) is 5. The highest BCUT2D eigenvalue weighted by Gasteiger charge is 2.47. The molecule has 1 aromatic carbocycles. The molecule has 2 aromatic heterocycles. The highest BCUT2D eigenvalue weighted by atomic mass is 31.2. The second-order valence-corrected chi connectivity index (χ2v) is 12.3. The molecule has 0 bridgehead atoms. The fourth-order valence-corrected chi connectivity index (χ4v) is 6.06. The van der Waals surface area contributed by atoms with E-state index in [-0.39, 0.29) is 17.3 Å². The normalized spacial score (nSPS) is 24.5. The van der Waals surface area contributed by atoms with E-state index < -0.39 is 57.1 Å². The van der Waals surface area contributed by atoms with Gasteiger partial charge >= 0.3 is 13.7 Å². The molecule has 1 aliphatic carbocycles. The zero-order chi connectivity index (χ0) is 30.2. The Morgan fingerprint density at radius 3 is 2.67 bits per heavy atom. The Labute approximate surface area is 241 Å². The number of carbonyl (C=O) groups is 1. The lowest BCUT2D eigenvalue weighted by molar-refractivity contribution is -0.149. The van der Waals surface area contributed by atoms with E-state index >= 15 is 4.39 Å². The van der Waals surface area contributed by atoms with Crippen LogP contribution in [0.2, 0.25) is 0 Å². The minimum atomic E-state index is -4.27. The predicted octanol–water partition coefficient (Wildman–Crippen LogP) is 2.74. The van der Waals surface area contributed by atoms with Gasteiger partial charge in [0.15, 0.2) is 29.4 Å². The van der Waals surface area contributed by atoms with Crippen molar-refractivity contribution in [1.82, 2.24) is 24.6 Å². The van der Waals surface area contributed by atoms with Gasteiger partial charge in [0.05, 0.1) is 19.0 Å². The van der Waals surface area contributed by atoms with Crippen molar-refractivity contribution in [1.29, 1.82) is 0 Å². The number of benzene rings is 1. The molecule has 42 heavy (non-hydrogen) atoms. The summed E-state index contributed by atoms with van der Waals surface area (Å²) < 4.78 is 52.8. The fraction of sp³-hybridized carbons (Fsp3) is 0.538. The van der Waals surface area contributed by atoms with Crippen LogP contribution in [0.25, 0.3) is 11.2 Å². The largest absolute Gasteiger partial charge is 0.462 e. The maximum absolute atomic E-state index is 15.5. The number of halogens is 1. The highest BCUT2D eigenvalue weighted by molar-refractivity contribution is 7.52. The van der Waals surface area contributed by atoms with E-state index in [1.54, 1.807) is 44.2 Å². The van der Waals surface area contributed by atoms with Crippen LogP contribution in [0.4, 0.5) is 16.2 Å². The smallest absolute Gasteiger partial charge is 0.459 e. The average molecular weight is 608 g/mol. The monoisotopic (exact) mass is 607 g/mol. The summed E-state index contributed by atoms with van der Waals surface area (Å²) >= 11 is 0. The Balaban J connectivity index is 1.34. The Morgan fingerprint density at radius 1 is 1.29 bits per heavy atom. The number of para-hydroxylation sites is 1. The summed E-state index contributed by atoms with van der Waals surface area (Å²) in [5, 5.41) is 13.3. The zero-order valence-electron chi connectivity index (χ0n) is 23.7. The molecule has 3 aromatic rings. The maximum atomic E-state index is 15.5. The number of hydrogen-bond donors (Lipinski definition) is 3. The van der Waals surface area contributed by atoms with Crippen LogP contribution in [0.3, 0.4) is 0 Å². The molecule has 0 spiro atoms. The molecule has 16 heteroatoms. The number of hydrogen-bond acceptors (Lipinski definition) is 12. The summed E-state index contributed by atoms with van der Waals surface area (Å²) in [4.78, 5) is 27.3. The number of anilines is 2. The molecular weight excluding hydrogens is 572 g/mol. The van der Waals surface area contributed by atoms with Gasteiger partial charge in [-0.1, -0.05) is 18.2 Å². The topological polar surface area (TPSA) is 176 Å². The van der Waals surface area contributed by atoms with E-state index in [1.807, 2.05) is 11.9 Å². The summed E-state index contributed by atoms with van der Waals surface area (Å²) in [6.07, 6.45) is -3.20. The number of nitrogens with two attached hydrogens (primary N) is 1. The number of nitrogen functional groups attached to an aromatic ring is 1. The summed E-state index contributed by atoms with van der Waals surface area (Å²) in [6, 6.07) is 7.40. The van der Waals surface area contributed by atoms with Crippen molar-refractivity contribution in [2.75, 3.05) is 24.3 Å². The van der Waals surface area contributed by atoms with Gasteiger partial charge in [-0.15, -0.1) is 0 Å². The van der Waals surface area contributed by atoms with Crippen molar-refractivity contribution in [2.45, 2.75) is 76.4 Å². The SMILES string of the molecule is CC(C)OC(=O)[C@@H](C)N[P@@](=O)(OC[C@H]1O[C@@H](n2cnc3c(N(C)C4CC4)nc(N)nc32)[C@@H](F)[C@@H]1O)Oc1ccccc1. The van der Waals surface area contributed by atoms with Crippen LogP contribution in [0.1, 0.15) is 39.8 Å². The zero-order valence-corrected chi connectivity index (χ0v) is 24.6. The van der Waals surface area contributed by atoms with Gasteiger partial charge in [0, 0.05) is 13.1 Å². The lowest BCUT2D eigenvalue weighted by Crippen LogP contribution is -2.37. The third-order valence-electron chi connectivity index (χ3n) is 6.85. The van der Waals surface area contributed by atoms with Crippen LogP contribution in [-0.2, 0) is 23.4 Å². The molecule has 4 N–H and O–H groups in total. The number of aromatic nitrogens is 4. The van der Waals surface area contributed by atoms with Crippen LogP contribution in [0.15, 0.2) is 36.7 Å². The predicted molar refractivity (Wildman–Crippen MR) is 150 cm³/mol. The van der Waals surface area contributed by atoms with Crippen molar-refractivity contribution in [2.24, 2.45) is 0 Å². The lowest BCUT2D eigenvalue weighted by atomic mass is 10.1. The molecule has 0 radical (unpaired) electrons. The number of imidazole rings is 1. The highest BCUT2D eigenvalue weighted by Crippen LogP contribution is 2.46. The number of carbonyl (C=O) groups excluding carboxylic acids is 1. The third-order valence-corrected chi connectivity index (χ3v) is 8.50. The second-order valence-electron chi connectivity index (χ2n) is 10.6. The van der Waals surface area contributed by atoms with Crippen LogP contribution in [0, 0.1) is 0 Å². The summed E-state index contributed by atoms with van der Waals surface area (Å²) in [6.45, 7) is 4.26. The lowest BCUT2D eigenvalue weighted by Gasteiger charge is -2.25. The Kier molecular flexibility index (Phi) is 8.67. The maximum Gasteiger partial charge on any atom is 0.459 e. The Bertz CT molecular complexity index is 1460. The molecule has 1 saturated heterocycles. The fourth-order valence-electron chi connectivity index (χ4n) is 4.56. The number of rotatable bonds is 12. The van der Waals surface area contributed by atoms with Crippen LogP contribution in [0.5, 0.6) is 5.75 Å². The molecule has 2 fully saturated rings. The number of aliphatic hydroxyl groups excluding tert-OH is 1. The van der Waals surface area contributed by atoms with Crippen LogP contribution >= 0.6 is 7.75 Å². The minimum absolute atomic E-state index is 0.0178. The molecule has 6 atom stereocenters. The summed E-state index contributed by atoms with van der Waals surface area (Å²) in [7, 11) is -2.39. The number of alkyl halides is 1. The standard InChI is InChI=1S/C26H35FN7O7P/c1-14(2)39-25(36)15(3)32-42(37,41-17-8-6-5-7-9-17)38-12-18-21(35)19(27)24(40-18)34-13-29-20-22(33(4)16-10-11-16)30-26(28)31-23(20)34/h5-9,13-16,18-19,21,24,35H,10-12H2,1-4H3,(H,32,37)(H2,28,30,31)/t15-,18-,19+,21-,24-,42-/m1/s1. The molecule has 2 aliphatic rings. The molecule has 228 valence electrons. The molecular formula is C26H35FN7O7P.